The second kappa shape index (κ2) is 7.51. The van der Waals surface area contributed by atoms with E-state index >= 15 is 0 Å². The molecule has 1 saturated heterocycles. The average molecular weight is 407 g/mol. The molecule has 1 N–H and O–H groups in total. The number of furan rings is 1. The normalized spacial score (nSPS) is 18.5. The van der Waals surface area contributed by atoms with Gasteiger partial charge >= 0.3 is 6.03 Å². The minimum atomic E-state index is -1.27. The lowest BCUT2D eigenvalue weighted by atomic mass is 9.95. The summed E-state index contributed by atoms with van der Waals surface area (Å²) in [6.45, 7) is 1.39. The Morgan fingerprint density at radius 2 is 1.97 bits per heavy atom. The number of imide groups is 1. The lowest BCUT2D eigenvalue weighted by molar-refractivity contribution is -0.134. The van der Waals surface area contributed by atoms with Gasteiger partial charge in [-0.1, -0.05) is 18.2 Å². The van der Waals surface area contributed by atoms with Gasteiger partial charge in [-0.15, -0.1) is 0 Å². The molecule has 0 bridgehead atoms. The Balaban J connectivity index is 1.57. The van der Waals surface area contributed by atoms with Crippen LogP contribution in [0.3, 0.4) is 0 Å². The van der Waals surface area contributed by atoms with E-state index in [1.54, 1.807) is 49.1 Å². The summed E-state index contributed by atoms with van der Waals surface area (Å²) < 4.78 is 6.93. The van der Waals surface area contributed by atoms with Crippen LogP contribution in [0.4, 0.5) is 10.5 Å². The fourth-order valence-corrected chi connectivity index (χ4v) is 3.43. The molecule has 0 saturated carbocycles. The summed E-state index contributed by atoms with van der Waals surface area (Å²) in [6.07, 6.45) is 4.72. The van der Waals surface area contributed by atoms with Gasteiger partial charge in [-0.05, 0) is 31.2 Å². The lowest BCUT2D eigenvalue weighted by Gasteiger charge is -2.24. The summed E-state index contributed by atoms with van der Waals surface area (Å²) in [5.41, 5.74) is -0.0840. The Bertz CT molecular complexity index is 1080. The van der Waals surface area contributed by atoms with Crippen molar-refractivity contribution in [3.63, 3.8) is 0 Å². The molecule has 1 aliphatic heterocycles. The fourth-order valence-electron chi connectivity index (χ4n) is 3.43. The van der Waals surface area contributed by atoms with Crippen LogP contribution in [0.5, 0.6) is 0 Å². The molecule has 1 atom stereocenters. The van der Waals surface area contributed by atoms with Crippen LogP contribution >= 0.6 is 0 Å². The number of carbonyl (C=O) groups excluding carboxylic acids is 3. The Hall–Kier alpha value is -3.88. The van der Waals surface area contributed by atoms with Gasteiger partial charge in [-0.3, -0.25) is 19.2 Å². The van der Waals surface area contributed by atoms with Crippen LogP contribution in [-0.4, -0.2) is 39.1 Å². The topological polar surface area (TPSA) is 101 Å². The van der Waals surface area contributed by atoms with Gasteiger partial charge in [-0.25, -0.2) is 4.79 Å². The van der Waals surface area contributed by atoms with Crippen molar-refractivity contribution in [3.8, 4) is 0 Å². The van der Waals surface area contributed by atoms with Crippen LogP contribution in [0, 0.1) is 0 Å². The molecule has 4 amide bonds. The molecule has 30 heavy (non-hydrogen) atoms. The second-order valence-electron chi connectivity index (χ2n) is 7.24. The highest BCUT2D eigenvalue weighted by Gasteiger charge is 2.50. The molecule has 1 aliphatic rings. The Morgan fingerprint density at radius 1 is 1.20 bits per heavy atom. The molecule has 1 aromatic carbocycles. The summed E-state index contributed by atoms with van der Waals surface area (Å²) in [4.78, 5) is 41.2. The van der Waals surface area contributed by atoms with Gasteiger partial charge in [-0.2, -0.15) is 5.10 Å². The molecule has 9 heteroatoms. The number of urea groups is 1. The zero-order valence-electron chi connectivity index (χ0n) is 16.6. The molecule has 0 radical (unpaired) electrons. The van der Waals surface area contributed by atoms with Gasteiger partial charge in [0.25, 0.3) is 5.91 Å². The minimum Gasteiger partial charge on any atom is -0.467 e. The summed E-state index contributed by atoms with van der Waals surface area (Å²) in [5.74, 6) is -0.319. The van der Waals surface area contributed by atoms with Crippen LogP contribution in [0.15, 0.2) is 65.5 Å². The number of amides is 4. The number of nitrogens with one attached hydrogen (secondary N) is 1. The Labute approximate surface area is 172 Å². The molecular weight excluding hydrogens is 386 g/mol. The van der Waals surface area contributed by atoms with Gasteiger partial charge in [0.05, 0.1) is 19.0 Å². The summed E-state index contributed by atoms with van der Waals surface area (Å²) in [6, 6.07) is 11.9. The second-order valence-corrected chi connectivity index (χ2v) is 7.24. The number of aryl methyl sites for hydroxylation is 1. The van der Waals surface area contributed by atoms with Gasteiger partial charge in [0.15, 0.2) is 0 Å². The number of anilines is 1. The maximum absolute atomic E-state index is 13.2. The first-order valence-corrected chi connectivity index (χ1v) is 9.39. The van der Waals surface area contributed by atoms with Crippen molar-refractivity contribution in [3.05, 3.63) is 72.4 Å². The van der Waals surface area contributed by atoms with Crippen LogP contribution in [0.2, 0.25) is 0 Å². The van der Waals surface area contributed by atoms with Crippen LogP contribution in [0.25, 0.3) is 0 Å². The van der Waals surface area contributed by atoms with E-state index in [1.165, 1.54) is 17.4 Å². The summed E-state index contributed by atoms with van der Waals surface area (Å²) in [7, 11) is 1.72. The van der Waals surface area contributed by atoms with Crippen molar-refractivity contribution in [2.24, 2.45) is 7.05 Å². The molecule has 4 rings (SSSR count). The minimum absolute atomic E-state index is 0.180. The molecule has 3 heterocycles. The smallest absolute Gasteiger partial charge is 0.325 e. The van der Waals surface area contributed by atoms with E-state index in [4.69, 9.17) is 4.42 Å². The van der Waals surface area contributed by atoms with Crippen molar-refractivity contribution < 1.29 is 18.8 Å². The molecule has 0 spiro atoms. The predicted octanol–water partition coefficient (Wildman–Crippen LogP) is 2.01. The molecule has 0 aliphatic carbocycles. The number of carbonyl (C=O) groups is 3. The van der Waals surface area contributed by atoms with Gasteiger partial charge in [0.2, 0.25) is 5.91 Å². The summed E-state index contributed by atoms with van der Waals surface area (Å²) >= 11 is 0. The van der Waals surface area contributed by atoms with Crippen molar-refractivity contribution in [1.82, 2.24) is 20.0 Å². The average Bonchev–Trinajstić information content (AvgIpc) is 3.45. The van der Waals surface area contributed by atoms with Crippen molar-refractivity contribution in [1.29, 1.82) is 0 Å². The maximum Gasteiger partial charge on any atom is 0.325 e. The fraction of sp³-hybridized carbons (Fsp3) is 0.238. The van der Waals surface area contributed by atoms with Gasteiger partial charge < -0.3 is 14.6 Å². The third kappa shape index (κ3) is 3.45. The van der Waals surface area contributed by atoms with E-state index in [9.17, 15) is 14.4 Å². The quantitative estimate of drug-likeness (QED) is 0.630. The van der Waals surface area contributed by atoms with E-state index < -0.39 is 29.9 Å². The van der Waals surface area contributed by atoms with E-state index in [0.29, 0.717) is 17.0 Å². The Kier molecular flexibility index (Phi) is 4.86. The molecule has 2 aromatic heterocycles. The van der Waals surface area contributed by atoms with Crippen LogP contribution in [0.1, 0.15) is 18.2 Å². The molecular formula is C21H21N5O4. The van der Waals surface area contributed by atoms with E-state index in [2.05, 4.69) is 10.4 Å². The zero-order valence-corrected chi connectivity index (χ0v) is 16.6. The third-order valence-corrected chi connectivity index (χ3v) is 5.11. The van der Waals surface area contributed by atoms with Gasteiger partial charge in [0, 0.05) is 24.5 Å². The number of hydrogen-bond acceptors (Lipinski definition) is 5. The number of hydrogen-bond donors (Lipinski definition) is 1. The Morgan fingerprint density at radius 3 is 2.60 bits per heavy atom. The lowest BCUT2D eigenvalue weighted by Crippen LogP contribution is -2.44. The molecule has 3 aromatic rings. The van der Waals surface area contributed by atoms with E-state index in [0.717, 1.165) is 4.90 Å². The third-order valence-electron chi connectivity index (χ3n) is 5.11. The predicted molar refractivity (Wildman–Crippen MR) is 107 cm³/mol. The number of nitrogens with zero attached hydrogens (tertiary/aromatic N) is 4. The summed E-state index contributed by atoms with van der Waals surface area (Å²) in [5, 5.41) is 6.75. The van der Waals surface area contributed by atoms with Crippen LogP contribution in [-0.2, 0) is 28.7 Å². The highest BCUT2D eigenvalue weighted by Crippen LogP contribution is 2.28. The highest BCUT2D eigenvalue weighted by molar-refractivity contribution is 6.10. The molecule has 1 fully saturated rings. The van der Waals surface area contributed by atoms with Gasteiger partial charge in [0.1, 0.15) is 17.8 Å². The number of para-hydroxylation sites is 1. The molecule has 1 unspecified atom stereocenters. The number of aromatic nitrogens is 2. The highest BCUT2D eigenvalue weighted by atomic mass is 16.3. The standard InChI is InChI=1S/C21H21N5O4/c1-21(15-11-22-24(2)12-15)19(28)26(20(29)23-21)14-18(27)25(13-17-9-6-10-30-17)16-7-4-3-5-8-16/h3-12H,13-14H2,1-2H3,(H,23,29). The first-order valence-electron chi connectivity index (χ1n) is 9.39. The van der Waals surface area contributed by atoms with Crippen molar-refractivity contribution in [2.45, 2.75) is 19.0 Å². The maximum atomic E-state index is 13.2. The SMILES string of the molecule is Cn1cc(C2(C)NC(=O)N(CC(=O)N(Cc3ccco3)c3ccccc3)C2=O)cn1. The number of benzene rings is 1. The largest absolute Gasteiger partial charge is 0.467 e. The number of rotatable bonds is 6. The van der Waals surface area contributed by atoms with Crippen LogP contribution < -0.4 is 10.2 Å². The van der Waals surface area contributed by atoms with Crippen molar-refractivity contribution in [2.75, 3.05) is 11.4 Å². The van der Waals surface area contributed by atoms with Crippen molar-refractivity contribution >= 4 is 23.5 Å². The zero-order chi connectivity index (χ0) is 21.3. The first kappa shape index (κ1) is 19.4. The molecule has 154 valence electrons. The van der Waals surface area contributed by atoms with E-state index in [1.807, 2.05) is 18.2 Å². The monoisotopic (exact) mass is 407 g/mol. The van der Waals surface area contributed by atoms with E-state index in [-0.39, 0.29) is 6.54 Å². The first-order chi connectivity index (χ1) is 14.4. The molecule has 9 nitrogen and oxygen atoms in total.